The number of hydrogen-bond donors (Lipinski definition) is 2. The molecule has 1 unspecified atom stereocenters. The first-order chi connectivity index (χ1) is 9.63. The molecule has 0 fully saturated rings. The van der Waals surface area contributed by atoms with Gasteiger partial charge in [0.2, 0.25) is 11.8 Å². The van der Waals surface area contributed by atoms with E-state index in [0.717, 1.165) is 6.20 Å². The number of nitrogens with one attached hydrogen (secondary N) is 1. The van der Waals surface area contributed by atoms with Crippen molar-refractivity contribution in [1.29, 1.82) is 0 Å². The van der Waals surface area contributed by atoms with E-state index < -0.39 is 11.9 Å². The van der Waals surface area contributed by atoms with E-state index in [4.69, 9.17) is 4.74 Å². The largest absolute Gasteiger partial charge is 0.479 e. The number of aliphatic hydroxyl groups is 1. The van der Waals surface area contributed by atoms with Crippen molar-refractivity contribution in [2.24, 2.45) is 0 Å². The van der Waals surface area contributed by atoms with Gasteiger partial charge in [-0.3, -0.25) is 0 Å². The number of benzene rings is 1. The highest BCUT2D eigenvalue weighted by Crippen LogP contribution is 2.20. The summed E-state index contributed by atoms with van der Waals surface area (Å²) in [6, 6.07) is 5.09. The second-order valence-electron chi connectivity index (χ2n) is 3.98. The summed E-state index contributed by atoms with van der Waals surface area (Å²) in [7, 11) is 1.29. The molecule has 0 amide bonds. The number of methoxy groups -OCH3 is 1. The van der Waals surface area contributed by atoms with Crippen LogP contribution in [0.5, 0.6) is 5.88 Å². The van der Waals surface area contributed by atoms with Crippen LogP contribution >= 0.6 is 0 Å². The van der Waals surface area contributed by atoms with Gasteiger partial charge in [-0.2, -0.15) is 9.37 Å². The van der Waals surface area contributed by atoms with E-state index in [9.17, 15) is 13.9 Å². The van der Waals surface area contributed by atoms with Gasteiger partial charge in [0.15, 0.2) is 0 Å². The van der Waals surface area contributed by atoms with E-state index >= 15 is 0 Å². The summed E-state index contributed by atoms with van der Waals surface area (Å²) in [4.78, 5) is 7.57. The Kier molecular flexibility index (Phi) is 4.41. The van der Waals surface area contributed by atoms with Crippen LogP contribution in [0.3, 0.4) is 0 Å². The van der Waals surface area contributed by atoms with Gasteiger partial charge in [-0.25, -0.2) is 9.37 Å². The van der Waals surface area contributed by atoms with Crippen LogP contribution in [-0.2, 0) is 0 Å². The molecule has 106 valence electrons. The van der Waals surface area contributed by atoms with Crippen LogP contribution in [0.2, 0.25) is 0 Å². The minimum atomic E-state index is -0.680. The van der Waals surface area contributed by atoms with Gasteiger partial charge in [0.1, 0.15) is 5.82 Å². The minimum absolute atomic E-state index is 0.103. The number of nitrogens with zero attached hydrogens (tertiary/aromatic N) is 2. The molecule has 0 bridgehead atoms. The first-order valence-corrected chi connectivity index (χ1v) is 5.83. The average molecular weight is 281 g/mol. The van der Waals surface area contributed by atoms with E-state index in [1.54, 1.807) is 0 Å². The zero-order valence-corrected chi connectivity index (χ0v) is 10.7. The number of aliphatic hydroxyl groups excluding tert-OH is 1. The van der Waals surface area contributed by atoms with E-state index in [0.29, 0.717) is 5.56 Å². The van der Waals surface area contributed by atoms with E-state index in [1.807, 2.05) is 0 Å². The van der Waals surface area contributed by atoms with Gasteiger partial charge in [-0.1, -0.05) is 12.1 Å². The van der Waals surface area contributed by atoms with Gasteiger partial charge in [-0.05, 0) is 17.7 Å². The monoisotopic (exact) mass is 281 g/mol. The van der Waals surface area contributed by atoms with Gasteiger partial charge in [0, 0.05) is 0 Å². The van der Waals surface area contributed by atoms with Crippen molar-refractivity contribution in [3.8, 4) is 5.88 Å². The Labute approximate surface area is 114 Å². The summed E-state index contributed by atoms with van der Waals surface area (Å²) in [5.41, 5.74) is 0.654. The molecular weight excluding hydrogens is 268 g/mol. The van der Waals surface area contributed by atoms with Crippen LogP contribution in [0.1, 0.15) is 11.6 Å². The summed E-state index contributed by atoms with van der Waals surface area (Å²) < 4.78 is 30.8. The fourth-order valence-electron chi connectivity index (χ4n) is 1.65. The Morgan fingerprint density at radius 3 is 2.60 bits per heavy atom. The summed E-state index contributed by atoms with van der Waals surface area (Å²) in [6.07, 6.45) is 0.966. The molecule has 2 rings (SSSR count). The number of hydrogen-bond acceptors (Lipinski definition) is 5. The highest BCUT2D eigenvalue weighted by atomic mass is 19.1. The number of aromatic nitrogens is 2. The highest BCUT2D eigenvalue weighted by molar-refractivity contribution is 5.34. The number of halogens is 2. The van der Waals surface area contributed by atoms with Crippen LogP contribution in [0.25, 0.3) is 0 Å². The van der Waals surface area contributed by atoms with Crippen molar-refractivity contribution in [3.05, 3.63) is 47.7 Å². The first-order valence-electron chi connectivity index (χ1n) is 5.83. The molecule has 7 heteroatoms. The SMILES string of the molecule is COc1nc(NC(CO)c2ccc(F)cc2)ncc1F. The summed E-state index contributed by atoms with van der Waals surface area (Å²) in [5.74, 6) is -1.14. The molecule has 1 atom stereocenters. The Bertz CT molecular complexity index is 578. The fourth-order valence-corrected chi connectivity index (χ4v) is 1.65. The Morgan fingerprint density at radius 2 is 2.00 bits per heavy atom. The molecule has 1 heterocycles. The zero-order valence-electron chi connectivity index (χ0n) is 10.7. The molecule has 20 heavy (non-hydrogen) atoms. The van der Waals surface area contributed by atoms with Gasteiger partial charge >= 0.3 is 0 Å². The van der Waals surface area contributed by atoms with Gasteiger partial charge in [0.05, 0.1) is 26.0 Å². The topological polar surface area (TPSA) is 67.3 Å². The van der Waals surface area contributed by atoms with E-state index in [-0.39, 0.29) is 24.3 Å². The van der Waals surface area contributed by atoms with Gasteiger partial charge < -0.3 is 15.2 Å². The van der Waals surface area contributed by atoms with Crippen molar-refractivity contribution in [1.82, 2.24) is 9.97 Å². The molecule has 5 nitrogen and oxygen atoms in total. The Balaban J connectivity index is 2.19. The number of rotatable bonds is 5. The first kappa shape index (κ1) is 14.1. The van der Waals surface area contributed by atoms with E-state index in [1.165, 1.54) is 31.4 Å². The average Bonchev–Trinajstić information content (AvgIpc) is 2.47. The molecule has 2 aromatic rings. The summed E-state index contributed by atoms with van der Waals surface area (Å²) in [6.45, 7) is -0.255. The van der Waals surface area contributed by atoms with Crippen molar-refractivity contribution in [2.45, 2.75) is 6.04 Å². The molecule has 0 spiro atoms. The summed E-state index contributed by atoms with van der Waals surface area (Å²) in [5, 5.41) is 12.2. The van der Waals surface area contributed by atoms with Crippen LogP contribution in [0, 0.1) is 11.6 Å². The zero-order chi connectivity index (χ0) is 14.5. The molecule has 0 saturated heterocycles. The lowest BCUT2D eigenvalue weighted by atomic mass is 10.1. The Hall–Kier alpha value is -2.28. The maximum Gasteiger partial charge on any atom is 0.255 e. The normalized spacial score (nSPS) is 12.0. The maximum absolute atomic E-state index is 13.2. The quantitative estimate of drug-likeness (QED) is 0.876. The smallest absolute Gasteiger partial charge is 0.255 e. The molecule has 0 aliphatic rings. The Morgan fingerprint density at radius 1 is 1.30 bits per heavy atom. The third-order valence-corrected chi connectivity index (χ3v) is 2.66. The molecule has 0 aliphatic carbocycles. The molecular formula is C13H13F2N3O2. The summed E-state index contributed by atoms with van der Waals surface area (Å²) >= 11 is 0. The number of anilines is 1. The third kappa shape index (κ3) is 3.18. The second-order valence-corrected chi connectivity index (χ2v) is 3.98. The van der Waals surface area contributed by atoms with Crippen molar-refractivity contribution in [3.63, 3.8) is 0 Å². The fraction of sp³-hybridized carbons (Fsp3) is 0.231. The van der Waals surface area contributed by atoms with Crippen LogP contribution in [-0.4, -0.2) is 28.8 Å². The lowest BCUT2D eigenvalue weighted by Gasteiger charge is -2.16. The highest BCUT2D eigenvalue weighted by Gasteiger charge is 2.14. The van der Waals surface area contributed by atoms with Crippen molar-refractivity contribution in [2.75, 3.05) is 19.0 Å². The number of ether oxygens (including phenoxy) is 1. The molecule has 1 aromatic carbocycles. The standard InChI is InChI=1S/C13H13F2N3O2/c1-20-12-10(15)6-16-13(18-12)17-11(7-19)8-2-4-9(14)5-3-8/h2-6,11,19H,7H2,1H3,(H,16,17,18). The van der Waals surface area contributed by atoms with Gasteiger partial charge in [0.25, 0.3) is 5.88 Å². The lowest BCUT2D eigenvalue weighted by Crippen LogP contribution is -2.17. The predicted molar refractivity (Wildman–Crippen MR) is 68.4 cm³/mol. The van der Waals surface area contributed by atoms with Crippen LogP contribution in [0.4, 0.5) is 14.7 Å². The molecule has 2 N–H and O–H groups in total. The maximum atomic E-state index is 13.2. The van der Waals surface area contributed by atoms with Gasteiger partial charge in [-0.15, -0.1) is 0 Å². The lowest BCUT2D eigenvalue weighted by molar-refractivity contribution is 0.275. The molecule has 0 aliphatic heterocycles. The van der Waals surface area contributed by atoms with Crippen molar-refractivity contribution < 1.29 is 18.6 Å². The molecule has 0 saturated carbocycles. The molecule has 1 aromatic heterocycles. The van der Waals surface area contributed by atoms with Crippen molar-refractivity contribution >= 4 is 5.95 Å². The second kappa shape index (κ2) is 6.25. The van der Waals surface area contributed by atoms with Crippen LogP contribution in [0.15, 0.2) is 30.5 Å². The van der Waals surface area contributed by atoms with Crippen LogP contribution < -0.4 is 10.1 Å². The third-order valence-electron chi connectivity index (χ3n) is 2.66. The predicted octanol–water partition coefficient (Wildman–Crippen LogP) is 1.91. The minimum Gasteiger partial charge on any atom is -0.479 e. The molecule has 0 radical (unpaired) electrons. The van der Waals surface area contributed by atoms with E-state index in [2.05, 4.69) is 15.3 Å².